The Balaban J connectivity index is 1.41. The number of halogens is 2. The van der Waals surface area contributed by atoms with Crippen LogP contribution in [0.25, 0.3) is 10.8 Å². The molecule has 0 spiro atoms. The average Bonchev–Trinajstić information content (AvgIpc) is 3.46. The van der Waals surface area contributed by atoms with E-state index in [0.717, 1.165) is 10.8 Å². The van der Waals surface area contributed by atoms with Crippen LogP contribution in [0, 0.1) is 11.3 Å². The fraction of sp³-hybridized carbons (Fsp3) is 0.143. The lowest BCUT2D eigenvalue weighted by molar-refractivity contribution is -0.150. The first-order valence-corrected chi connectivity index (χ1v) is 11.5. The zero-order valence-corrected chi connectivity index (χ0v) is 19.5. The van der Waals surface area contributed by atoms with Gasteiger partial charge in [-0.3, -0.25) is 4.79 Å². The maximum absolute atomic E-state index is 13.4. The number of fused-ring (bicyclic) bond motifs is 1. The van der Waals surface area contributed by atoms with E-state index in [9.17, 15) is 10.1 Å². The van der Waals surface area contributed by atoms with Crippen molar-refractivity contribution in [2.75, 3.05) is 0 Å². The second kappa shape index (κ2) is 8.68. The molecule has 0 radical (unpaired) electrons. The van der Waals surface area contributed by atoms with Gasteiger partial charge in [0, 0.05) is 12.0 Å². The minimum absolute atomic E-state index is 0.204. The number of nitrogens with zero attached hydrogens (tertiary/aromatic N) is 1. The van der Waals surface area contributed by atoms with Crippen molar-refractivity contribution in [1.82, 2.24) is 0 Å². The second-order valence-electron chi connectivity index (χ2n) is 8.25. The van der Waals surface area contributed by atoms with Crippen molar-refractivity contribution in [2.24, 2.45) is 0 Å². The molecule has 4 aromatic rings. The maximum Gasteiger partial charge on any atom is 0.321 e. The Labute approximate surface area is 207 Å². The Hall–Kier alpha value is -3.52. The predicted molar refractivity (Wildman–Crippen MR) is 132 cm³/mol. The largest absolute Gasteiger partial charge is 0.457 e. The van der Waals surface area contributed by atoms with Crippen LogP contribution >= 0.6 is 23.2 Å². The molecule has 6 heteroatoms. The number of benzene rings is 4. The summed E-state index contributed by atoms with van der Waals surface area (Å²) in [4.78, 5) is 13.4. The summed E-state index contributed by atoms with van der Waals surface area (Å²) in [7, 11) is 0. The first-order valence-electron chi connectivity index (χ1n) is 10.7. The van der Waals surface area contributed by atoms with Crippen molar-refractivity contribution in [3.63, 3.8) is 0 Å². The molecule has 1 aliphatic carbocycles. The normalized spacial score (nSPS) is 19.1. The van der Waals surface area contributed by atoms with Crippen LogP contribution in [0.15, 0.2) is 97.1 Å². The van der Waals surface area contributed by atoms with Crippen molar-refractivity contribution in [3.8, 4) is 17.6 Å². The van der Waals surface area contributed by atoms with Crippen molar-refractivity contribution >= 4 is 39.9 Å². The number of hydrogen-bond acceptors (Lipinski definition) is 4. The fourth-order valence-electron chi connectivity index (χ4n) is 4.14. The molecule has 4 nitrogen and oxygen atoms in total. The molecular formula is C28H19Cl2NO3. The Morgan fingerprint density at radius 1 is 0.853 bits per heavy atom. The molecule has 2 unspecified atom stereocenters. The first kappa shape index (κ1) is 22.3. The maximum atomic E-state index is 13.4. The van der Waals surface area contributed by atoms with E-state index in [4.69, 9.17) is 32.7 Å². The number of para-hydroxylation sites is 1. The number of ether oxygens (including phenoxy) is 2. The Morgan fingerprint density at radius 2 is 1.53 bits per heavy atom. The molecule has 0 amide bonds. The molecule has 168 valence electrons. The average molecular weight is 488 g/mol. The lowest BCUT2D eigenvalue weighted by Crippen LogP contribution is -2.30. The quantitative estimate of drug-likeness (QED) is 0.212. The molecule has 0 bridgehead atoms. The van der Waals surface area contributed by atoms with Crippen LogP contribution in [0.5, 0.6) is 11.5 Å². The van der Waals surface area contributed by atoms with Gasteiger partial charge in [0.15, 0.2) is 0 Å². The summed E-state index contributed by atoms with van der Waals surface area (Å²) in [5.74, 6) is 0.556. The summed E-state index contributed by atoms with van der Waals surface area (Å²) < 4.78 is 10.2. The molecule has 1 aliphatic rings. The molecular weight excluding hydrogens is 469 g/mol. The lowest BCUT2D eigenvalue weighted by Gasteiger charge is -2.21. The van der Waals surface area contributed by atoms with Gasteiger partial charge in [0.25, 0.3) is 0 Å². The van der Waals surface area contributed by atoms with Crippen molar-refractivity contribution in [2.45, 2.75) is 22.3 Å². The van der Waals surface area contributed by atoms with Crippen LogP contribution in [0.2, 0.25) is 0 Å². The zero-order chi connectivity index (χ0) is 23.8. The number of nitriles is 1. The summed E-state index contributed by atoms with van der Waals surface area (Å²) in [5.41, 5.74) is -0.0830. The van der Waals surface area contributed by atoms with Gasteiger partial charge in [0.05, 0.1) is 0 Å². The van der Waals surface area contributed by atoms with Gasteiger partial charge in [-0.1, -0.05) is 89.9 Å². The molecule has 5 rings (SSSR count). The van der Waals surface area contributed by atoms with Gasteiger partial charge < -0.3 is 9.47 Å². The van der Waals surface area contributed by atoms with Gasteiger partial charge >= 0.3 is 5.97 Å². The summed E-state index contributed by atoms with van der Waals surface area (Å²) in [6.07, 6.45) is -0.941. The molecule has 0 saturated heterocycles. The molecule has 34 heavy (non-hydrogen) atoms. The van der Waals surface area contributed by atoms with E-state index in [2.05, 4.69) is 6.07 Å². The van der Waals surface area contributed by atoms with Crippen molar-refractivity contribution < 1.29 is 14.3 Å². The third-order valence-electron chi connectivity index (χ3n) is 6.06. The van der Waals surface area contributed by atoms with Crippen LogP contribution < -0.4 is 4.74 Å². The number of rotatable bonds is 6. The third kappa shape index (κ3) is 3.98. The van der Waals surface area contributed by atoms with Gasteiger partial charge in [0.1, 0.15) is 27.3 Å². The Kier molecular flexibility index (Phi) is 5.69. The van der Waals surface area contributed by atoms with Gasteiger partial charge in [0.2, 0.25) is 6.10 Å². The van der Waals surface area contributed by atoms with E-state index in [1.165, 1.54) is 0 Å². The second-order valence-corrected chi connectivity index (χ2v) is 9.73. The minimum Gasteiger partial charge on any atom is -0.457 e. The van der Waals surface area contributed by atoms with Crippen LogP contribution in [0.3, 0.4) is 0 Å². The van der Waals surface area contributed by atoms with Crippen LogP contribution in [-0.2, 0) is 14.9 Å². The highest BCUT2D eigenvalue weighted by molar-refractivity contribution is 6.54. The smallest absolute Gasteiger partial charge is 0.321 e. The van der Waals surface area contributed by atoms with Crippen molar-refractivity contribution in [3.05, 3.63) is 108 Å². The molecule has 2 atom stereocenters. The number of carbonyl (C=O) groups excluding carboxylic acids is 1. The standard InChI is InChI=1S/C28H19Cl2NO3/c29-28(30)18-27(28,22-14-13-19-7-4-5-8-20(19)15-22)26(32)34-25(17-31)21-9-6-12-24(16-21)33-23-10-2-1-3-11-23/h1-16,25H,18H2. The van der Waals surface area contributed by atoms with Gasteiger partial charge in [-0.15, -0.1) is 0 Å². The minimum atomic E-state index is -1.31. The van der Waals surface area contributed by atoms with E-state index in [1.807, 2.05) is 72.8 Å². The first-order chi connectivity index (χ1) is 16.4. The molecule has 1 saturated carbocycles. The van der Waals surface area contributed by atoms with Crippen molar-refractivity contribution in [1.29, 1.82) is 5.26 Å². The lowest BCUT2D eigenvalue weighted by atomic mass is 9.93. The zero-order valence-electron chi connectivity index (χ0n) is 17.9. The summed E-state index contributed by atoms with van der Waals surface area (Å²) in [5, 5.41) is 11.8. The molecule has 0 aliphatic heterocycles. The topological polar surface area (TPSA) is 59.3 Å². The third-order valence-corrected chi connectivity index (χ3v) is 6.97. The number of esters is 1. The van der Waals surface area contributed by atoms with Crippen LogP contribution in [-0.4, -0.2) is 10.3 Å². The number of carbonyl (C=O) groups is 1. The summed E-state index contributed by atoms with van der Waals surface area (Å²) >= 11 is 13.0. The number of alkyl halides is 2. The summed E-state index contributed by atoms with van der Waals surface area (Å²) in [6.45, 7) is 0. The highest BCUT2D eigenvalue weighted by Gasteiger charge is 2.73. The monoisotopic (exact) mass is 487 g/mol. The number of hydrogen-bond donors (Lipinski definition) is 0. The van der Waals surface area contributed by atoms with E-state index in [1.54, 1.807) is 24.3 Å². The van der Waals surface area contributed by atoms with Gasteiger partial charge in [-0.25, -0.2) is 0 Å². The van der Waals surface area contributed by atoms with E-state index in [-0.39, 0.29) is 6.42 Å². The molecule has 1 fully saturated rings. The molecule has 4 aromatic carbocycles. The van der Waals surface area contributed by atoms with Gasteiger partial charge in [-0.05, 0) is 46.7 Å². The van der Waals surface area contributed by atoms with E-state index >= 15 is 0 Å². The molecule has 0 heterocycles. The molecule has 0 aromatic heterocycles. The fourth-order valence-corrected chi connectivity index (χ4v) is 4.91. The summed E-state index contributed by atoms with van der Waals surface area (Å²) in [6, 6.07) is 31.7. The highest BCUT2D eigenvalue weighted by Crippen LogP contribution is 2.65. The van der Waals surface area contributed by atoms with Crippen LogP contribution in [0.1, 0.15) is 23.7 Å². The Morgan fingerprint density at radius 3 is 2.24 bits per heavy atom. The Bertz CT molecular complexity index is 1410. The highest BCUT2D eigenvalue weighted by atomic mass is 35.5. The van der Waals surface area contributed by atoms with Crippen LogP contribution in [0.4, 0.5) is 0 Å². The SMILES string of the molecule is N#CC(OC(=O)C1(c2ccc3ccccc3c2)CC1(Cl)Cl)c1cccc(Oc2ccccc2)c1. The van der Waals surface area contributed by atoms with E-state index < -0.39 is 21.8 Å². The van der Waals surface area contributed by atoms with E-state index in [0.29, 0.717) is 22.6 Å². The predicted octanol–water partition coefficient (Wildman–Crippen LogP) is 7.26. The molecule has 0 N–H and O–H groups in total. The van der Waals surface area contributed by atoms with Gasteiger partial charge in [-0.2, -0.15) is 5.26 Å².